The van der Waals surface area contributed by atoms with E-state index in [4.69, 9.17) is 11.6 Å². The van der Waals surface area contributed by atoms with E-state index in [-0.39, 0.29) is 0 Å². The van der Waals surface area contributed by atoms with E-state index >= 15 is 0 Å². The maximum absolute atomic E-state index is 9.59. The summed E-state index contributed by atoms with van der Waals surface area (Å²) in [5.74, 6) is 0. The van der Waals surface area contributed by atoms with Crippen LogP contribution in [-0.4, -0.2) is 10.5 Å². The molecule has 2 heteroatoms. The van der Waals surface area contributed by atoms with Gasteiger partial charge in [-0.25, -0.2) is 0 Å². The Labute approximate surface area is 77.3 Å². The van der Waals surface area contributed by atoms with Crippen LogP contribution in [0.25, 0.3) is 0 Å². The van der Waals surface area contributed by atoms with E-state index in [9.17, 15) is 5.11 Å². The number of aliphatic hydroxyl groups excluding tert-OH is 1. The average Bonchev–Trinajstić information content (AvgIpc) is 2.17. The monoisotopic (exact) mass is 182 g/mol. The van der Waals surface area contributed by atoms with E-state index in [1.165, 1.54) is 6.08 Å². The van der Waals surface area contributed by atoms with Crippen molar-refractivity contribution < 1.29 is 5.11 Å². The molecule has 0 aliphatic rings. The highest BCUT2D eigenvalue weighted by atomic mass is 35.5. The van der Waals surface area contributed by atoms with Crippen molar-refractivity contribution >= 4 is 11.6 Å². The van der Waals surface area contributed by atoms with Crippen LogP contribution in [0.2, 0.25) is 0 Å². The summed E-state index contributed by atoms with van der Waals surface area (Å²) in [5, 5.41) is 9.16. The van der Waals surface area contributed by atoms with E-state index in [0.29, 0.717) is 0 Å². The number of rotatable bonds is 3. The molecule has 2 atom stereocenters. The molecule has 1 rings (SSSR count). The molecule has 0 aromatic heterocycles. The van der Waals surface area contributed by atoms with Crippen LogP contribution in [0.3, 0.4) is 0 Å². The SMILES string of the molecule is C=CC(Cl)C(O)c1ccccc1. The first-order valence-corrected chi connectivity index (χ1v) is 4.19. The smallest absolute Gasteiger partial charge is 0.0988 e. The van der Waals surface area contributed by atoms with Crippen molar-refractivity contribution in [3.63, 3.8) is 0 Å². The molecule has 0 spiro atoms. The number of aliphatic hydroxyl groups is 1. The Morgan fingerprint density at radius 1 is 1.33 bits per heavy atom. The molecule has 0 amide bonds. The first kappa shape index (κ1) is 9.30. The summed E-state index contributed by atoms with van der Waals surface area (Å²) in [4.78, 5) is 0. The number of halogens is 1. The van der Waals surface area contributed by atoms with Crippen molar-refractivity contribution in [3.8, 4) is 0 Å². The number of hydrogen-bond acceptors (Lipinski definition) is 1. The summed E-state index contributed by atoms with van der Waals surface area (Å²) in [6.07, 6.45) is 0.865. The van der Waals surface area contributed by atoms with Crippen LogP contribution in [0.5, 0.6) is 0 Å². The predicted molar refractivity (Wildman–Crippen MR) is 51.2 cm³/mol. The van der Waals surface area contributed by atoms with Gasteiger partial charge in [-0.15, -0.1) is 18.2 Å². The van der Waals surface area contributed by atoms with Crippen molar-refractivity contribution in [1.82, 2.24) is 0 Å². The van der Waals surface area contributed by atoms with E-state index in [1.807, 2.05) is 30.3 Å². The third-order valence-electron chi connectivity index (χ3n) is 1.67. The van der Waals surface area contributed by atoms with Gasteiger partial charge in [0.2, 0.25) is 0 Å². The molecule has 0 radical (unpaired) electrons. The first-order valence-electron chi connectivity index (χ1n) is 3.75. The fraction of sp³-hybridized carbons (Fsp3) is 0.200. The topological polar surface area (TPSA) is 20.2 Å². The molecule has 12 heavy (non-hydrogen) atoms. The minimum Gasteiger partial charge on any atom is -0.387 e. The second-order valence-corrected chi connectivity index (χ2v) is 3.04. The first-order chi connectivity index (χ1) is 5.75. The molecule has 0 aliphatic heterocycles. The maximum atomic E-state index is 9.59. The molecule has 1 nitrogen and oxygen atoms in total. The lowest BCUT2D eigenvalue weighted by atomic mass is 10.1. The molecular formula is C10H11ClO. The summed E-state index contributed by atoms with van der Waals surface area (Å²) in [6.45, 7) is 3.52. The fourth-order valence-corrected chi connectivity index (χ4v) is 1.11. The molecule has 0 saturated heterocycles. The lowest BCUT2D eigenvalue weighted by molar-refractivity contribution is 0.185. The van der Waals surface area contributed by atoms with Crippen molar-refractivity contribution in [3.05, 3.63) is 48.6 Å². The normalized spacial score (nSPS) is 15.2. The van der Waals surface area contributed by atoms with Crippen LogP contribution >= 0.6 is 11.6 Å². The highest BCUT2D eigenvalue weighted by Gasteiger charge is 2.13. The van der Waals surface area contributed by atoms with Crippen molar-refractivity contribution in [2.24, 2.45) is 0 Å². The molecule has 0 bridgehead atoms. The summed E-state index contributed by atoms with van der Waals surface area (Å²) in [5.41, 5.74) is 0.817. The highest BCUT2D eigenvalue weighted by Crippen LogP contribution is 2.20. The van der Waals surface area contributed by atoms with Crippen molar-refractivity contribution in [2.75, 3.05) is 0 Å². The summed E-state index contributed by atoms with van der Waals surface area (Å²) < 4.78 is 0. The van der Waals surface area contributed by atoms with Crippen LogP contribution in [0.1, 0.15) is 11.7 Å². The van der Waals surface area contributed by atoms with E-state index in [0.717, 1.165) is 5.56 Å². The van der Waals surface area contributed by atoms with Crippen LogP contribution in [0.15, 0.2) is 43.0 Å². The minimum absolute atomic E-state index is 0.424. The molecule has 0 aliphatic carbocycles. The number of hydrogen-bond donors (Lipinski definition) is 1. The molecule has 1 N–H and O–H groups in total. The summed E-state index contributed by atoms with van der Waals surface area (Å²) >= 11 is 5.78. The van der Waals surface area contributed by atoms with Crippen molar-refractivity contribution in [2.45, 2.75) is 11.5 Å². The van der Waals surface area contributed by atoms with Gasteiger partial charge in [0.15, 0.2) is 0 Å². The Hall–Kier alpha value is -0.790. The Bertz CT molecular complexity index is 245. The van der Waals surface area contributed by atoms with Gasteiger partial charge in [0, 0.05) is 0 Å². The second kappa shape index (κ2) is 4.29. The molecule has 0 fully saturated rings. The van der Waals surface area contributed by atoms with Gasteiger partial charge in [-0.1, -0.05) is 36.4 Å². The molecule has 0 saturated carbocycles. The highest BCUT2D eigenvalue weighted by molar-refractivity contribution is 6.22. The molecule has 1 aromatic carbocycles. The lowest BCUT2D eigenvalue weighted by Gasteiger charge is -2.12. The van der Waals surface area contributed by atoms with Gasteiger partial charge in [-0.05, 0) is 5.56 Å². The van der Waals surface area contributed by atoms with E-state index < -0.39 is 11.5 Å². The van der Waals surface area contributed by atoms with Crippen molar-refractivity contribution in [1.29, 1.82) is 0 Å². The van der Waals surface area contributed by atoms with Gasteiger partial charge in [0.25, 0.3) is 0 Å². The van der Waals surface area contributed by atoms with Gasteiger partial charge >= 0.3 is 0 Å². The molecular weight excluding hydrogens is 172 g/mol. The summed E-state index contributed by atoms with van der Waals surface area (Å²) in [7, 11) is 0. The van der Waals surface area contributed by atoms with Gasteiger partial charge in [0.1, 0.15) is 0 Å². The van der Waals surface area contributed by atoms with Gasteiger partial charge < -0.3 is 5.11 Å². The van der Waals surface area contributed by atoms with Crippen LogP contribution < -0.4 is 0 Å². The van der Waals surface area contributed by atoms with Crippen LogP contribution in [0.4, 0.5) is 0 Å². The molecule has 1 aromatic rings. The maximum Gasteiger partial charge on any atom is 0.0988 e. The number of benzene rings is 1. The second-order valence-electron chi connectivity index (χ2n) is 2.54. The lowest BCUT2D eigenvalue weighted by Crippen LogP contribution is -2.08. The Morgan fingerprint density at radius 3 is 2.42 bits per heavy atom. The standard InChI is InChI=1S/C10H11ClO/c1-2-9(11)10(12)8-6-4-3-5-7-8/h2-7,9-10,12H,1H2. The predicted octanol–water partition coefficient (Wildman–Crippen LogP) is 2.51. The molecule has 2 unspecified atom stereocenters. The van der Waals surface area contributed by atoms with E-state index in [2.05, 4.69) is 6.58 Å². The zero-order valence-corrected chi connectivity index (χ0v) is 7.41. The Kier molecular flexibility index (Phi) is 3.32. The largest absolute Gasteiger partial charge is 0.387 e. The van der Waals surface area contributed by atoms with Gasteiger partial charge in [-0.2, -0.15) is 0 Å². The number of alkyl halides is 1. The fourth-order valence-electron chi connectivity index (χ4n) is 0.963. The molecule has 64 valence electrons. The van der Waals surface area contributed by atoms with E-state index in [1.54, 1.807) is 0 Å². The zero-order valence-electron chi connectivity index (χ0n) is 6.65. The summed E-state index contributed by atoms with van der Waals surface area (Å²) in [6, 6.07) is 9.30. The minimum atomic E-state index is -0.662. The van der Waals surface area contributed by atoms with Crippen LogP contribution in [-0.2, 0) is 0 Å². The van der Waals surface area contributed by atoms with Crippen LogP contribution in [0, 0.1) is 0 Å². The Morgan fingerprint density at radius 2 is 1.92 bits per heavy atom. The third kappa shape index (κ3) is 2.10. The zero-order chi connectivity index (χ0) is 8.97. The molecule has 0 heterocycles. The van der Waals surface area contributed by atoms with Gasteiger partial charge in [-0.3, -0.25) is 0 Å². The third-order valence-corrected chi connectivity index (χ3v) is 2.08. The van der Waals surface area contributed by atoms with Gasteiger partial charge in [0.05, 0.1) is 11.5 Å². The average molecular weight is 183 g/mol. The quantitative estimate of drug-likeness (QED) is 0.563. The Balaban J connectivity index is 2.78.